The van der Waals surface area contributed by atoms with Gasteiger partial charge in [0.05, 0.1) is 12.8 Å². The zero-order valence-electron chi connectivity index (χ0n) is 16.8. The predicted molar refractivity (Wildman–Crippen MR) is 109 cm³/mol. The van der Waals surface area contributed by atoms with E-state index in [-0.39, 0.29) is 17.4 Å². The molecule has 0 aliphatic carbocycles. The van der Waals surface area contributed by atoms with Crippen LogP contribution in [0.3, 0.4) is 0 Å². The first-order chi connectivity index (χ1) is 13.9. The topological polar surface area (TPSA) is 110 Å². The first-order valence-corrected chi connectivity index (χ1v) is 9.51. The minimum atomic E-state index is -0.669. The second-order valence-corrected chi connectivity index (χ2v) is 6.97. The fourth-order valence-corrected chi connectivity index (χ4v) is 3.49. The highest BCUT2D eigenvalue weighted by atomic mass is 16.5. The van der Waals surface area contributed by atoms with Crippen LogP contribution < -0.4 is 26.3 Å². The first kappa shape index (κ1) is 20.6. The summed E-state index contributed by atoms with van der Waals surface area (Å²) in [5.74, 6) is 0.249. The van der Waals surface area contributed by atoms with E-state index < -0.39 is 11.5 Å². The molecule has 1 aromatic carbocycles. The van der Waals surface area contributed by atoms with Crippen LogP contribution in [0.5, 0.6) is 5.75 Å². The lowest BCUT2D eigenvalue weighted by atomic mass is 9.94. The van der Waals surface area contributed by atoms with E-state index in [9.17, 15) is 14.4 Å². The minimum absolute atomic E-state index is 0.0601. The number of carbonyl (C=O) groups is 2. The molecule has 0 saturated carbocycles. The molecule has 1 aromatic heterocycles. The number of rotatable bonds is 5. The SMILES string of the molecule is CNC(=O)c1ccc(OC)c(NC(=O)c2c(C)cc(C3CCNCC3)oc2=O)c1. The molecule has 0 radical (unpaired) electrons. The maximum atomic E-state index is 12.8. The number of anilines is 1. The van der Waals surface area contributed by atoms with Crippen molar-refractivity contribution in [1.29, 1.82) is 0 Å². The Balaban J connectivity index is 1.89. The van der Waals surface area contributed by atoms with Gasteiger partial charge < -0.3 is 25.1 Å². The molecule has 1 fully saturated rings. The molecule has 8 heteroatoms. The maximum Gasteiger partial charge on any atom is 0.349 e. The van der Waals surface area contributed by atoms with Gasteiger partial charge in [0.2, 0.25) is 0 Å². The van der Waals surface area contributed by atoms with Gasteiger partial charge in [0.25, 0.3) is 11.8 Å². The minimum Gasteiger partial charge on any atom is -0.495 e. The zero-order chi connectivity index (χ0) is 21.0. The smallest absolute Gasteiger partial charge is 0.349 e. The monoisotopic (exact) mass is 399 g/mol. The van der Waals surface area contributed by atoms with Crippen LogP contribution in [0.25, 0.3) is 0 Å². The average Bonchev–Trinajstić information content (AvgIpc) is 2.73. The van der Waals surface area contributed by atoms with Gasteiger partial charge in [-0.3, -0.25) is 9.59 Å². The number of hydrogen-bond acceptors (Lipinski definition) is 6. The third kappa shape index (κ3) is 4.48. The molecule has 0 bridgehead atoms. The maximum absolute atomic E-state index is 12.8. The molecular weight excluding hydrogens is 374 g/mol. The summed E-state index contributed by atoms with van der Waals surface area (Å²) < 4.78 is 10.7. The van der Waals surface area contributed by atoms with E-state index >= 15 is 0 Å². The summed E-state index contributed by atoms with van der Waals surface area (Å²) in [5, 5.41) is 8.46. The molecule has 1 aliphatic heterocycles. The molecule has 0 spiro atoms. The van der Waals surface area contributed by atoms with E-state index in [1.165, 1.54) is 20.2 Å². The van der Waals surface area contributed by atoms with Gasteiger partial charge in [-0.15, -0.1) is 0 Å². The molecule has 8 nitrogen and oxygen atoms in total. The van der Waals surface area contributed by atoms with E-state index in [2.05, 4.69) is 16.0 Å². The van der Waals surface area contributed by atoms with Crippen molar-refractivity contribution in [3.63, 3.8) is 0 Å². The van der Waals surface area contributed by atoms with Crippen molar-refractivity contribution in [3.05, 3.63) is 57.1 Å². The number of benzene rings is 1. The van der Waals surface area contributed by atoms with Crippen LogP contribution in [0.15, 0.2) is 33.5 Å². The molecule has 3 N–H and O–H groups in total. The van der Waals surface area contributed by atoms with Crippen molar-refractivity contribution in [3.8, 4) is 5.75 Å². The van der Waals surface area contributed by atoms with E-state index in [1.54, 1.807) is 25.1 Å². The van der Waals surface area contributed by atoms with Crippen LogP contribution >= 0.6 is 0 Å². The third-order valence-corrected chi connectivity index (χ3v) is 5.07. The van der Waals surface area contributed by atoms with Crippen molar-refractivity contribution in [2.45, 2.75) is 25.7 Å². The molecule has 3 rings (SSSR count). The summed E-state index contributed by atoms with van der Waals surface area (Å²) in [4.78, 5) is 37.3. The molecule has 0 unspecified atom stereocenters. The molecule has 0 atom stereocenters. The average molecular weight is 399 g/mol. The largest absolute Gasteiger partial charge is 0.495 e. The van der Waals surface area contributed by atoms with Crippen LogP contribution in [0, 0.1) is 6.92 Å². The second kappa shape index (κ2) is 8.91. The third-order valence-electron chi connectivity index (χ3n) is 5.07. The highest BCUT2D eigenvalue weighted by molar-refractivity contribution is 6.06. The van der Waals surface area contributed by atoms with Gasteiger partial charge >= 0.3 is 5.63 Å². The van der Waals surface area contributed by atoms with Crippen molar-refractivity contribution >= 4 is 17.5 Å². The summed E-state index contributed by atoms with van der Waals surface area (Å²) in [6, 6.07) is 6.43. The van der Waals surface area contributed by atoms with Gasteiger partial charge in [-0.05, 0) is 62.7 Å². The Morgan fingerprint density at radius 2 is 1.90 bits per heavy atom. The van der Waals surface area contributed by atoms with Crippen LogP contribution in [0.2, 0.25) is 0 Å². The normalized spacial score (nSPS) is 14.3. The van der Waals surface area contributed by atoms with Crippen molar-refractivity contribution < 1.29 is 18.7 Å². The van der Waals surface area contributed by atoms with Crippen molar-refractivity contribution in [1.82, 2.24) is 10.6 Å². The van der Waals surface area contributed by atoms with E-state index in [0.29, 0.717) is 28.3 Å². The van der Waals surface area contributed by atoms with Crippen LogP contribution in [0.1, 0.15) is 50.8 Å². The number of piperidine rings is 1. The van der Waals surface area contributed by atoms with Gasteiger partial charge in [-0.1, -0.05) is 0 Å². The van der Waals surface area contributed by atoms with Gasteiger partial charge in [0.1, 0.15) is 17.1 Å². The Kier molecular flexibility index (Phi) is 6.33. The predicted octanol–water partition coefficient (Wildman–Crippen LogP) is 2.04. The fourth-order valence-electron chi connectivity index (χ4n) is 3.49. The van der Waals surface area contributed by atoms with E-state index in [1.807, 2.05) is 0 Å². The van der Waals surface area contributed by atoms with E-state index in [4.69, 9.17) is 9.15 Å². The lowest BCUT2D eigenvalue weighted by Crippen LogP contribution is -2.28. The number of nitrogens with one attached hydrogen (secondary N) is 3. The molecular formula is C21H25N3O5. The summed E-state index contributed by atoms with van der Waals surface area (Å²) in [5.41, 5.74) is 0.467. The molecule has 154 valence electrons. The Morgan fingerprint density at radius 1 is 1.17 bits per heavy atom. The standard InChI is InChI=1S/C21H25N3O5/c1-12-10-17(13-6-8-23-9-7-13)29-21(27)18(12)20(26)24-15-11-14(19(25)22-2)4-5-16(15)28-3/h4-5,10-11,13,23H,6-9H2,1-3H3,(H,22,25)(H,24,26). The molecule has 1 aliphatic rings. The summed E-state index contributed by atoms with van der Waals surface area (Å²) in [6.07, 6.45) is 1.77. The molecule has 1 saturated heterocycles. The highest BCUT2D eigenvalue weighted by Crippen LogP contribution is 2.28. The Morgan fingerprint density at radius 3 is 2.52 bits per heavy atom. The highest BCUT2D eigenvalue weighted by Gasteiger charge is 2.23. The molecule has 2 aromatic rings. The Bertz CT molecular complexity index is 977. The van der Waals surface area contributed by atoms with Gasteiger partial charge in [0, 0.05) is 18.5 Å². The van der Waals surface area contributed by atoms with Crippen LogP contribution in [0.4, 0.5) is 5.69 Å². The van der Waals surface area contributed by atoms with Crippen LogP contribution in [-0.2, 0) is 0 Å². The zero-order valence-corrected chi connectivity index (χ0v) is 16.8. The summed E-state index contributed by atoms with van der Waals surface area (Å²) >= 11 is 0. The number of aryl methyl sites for hydroxylation is 1. The lowest BCUT2D eigenvalue weighted by Gasteiger charge is -2.22. The Hall–Kier alpha value is -3.13. The fraction of sp³-hybridized carbons (Fsp3) is 0.381. The number of hydrogen-bond donors (Lipinski definition) is 3. The summed E-state index contributed by atoms with van der Waals surface area (Å²) in [6.45, 7) is 3.46. The van der Waals surface area contributed by atoms with Crippen LogP contribution in [-0.4, -0.2) is 39.1 Å². The van der Waals surface area contributed by atoms with Gasteiger partial charge in [-0.25, -0.2) is 4.79 Å². The lowest BCUT2D eigenvalue weighted by molar-refractivity contribution is 0.0961. The van der Waals surface area contributed by atoms with Crippen molar-refractivity contribution in [2.24, 2.45) is 0 Å². The molecule has 2 amide bonds. The van der Waals surface area contributed by atoms with E-state index in [0.717, 1.165) is 25.9 Å². The number of carbonyl (C=O) groups excluding carboxylic acids is 2. The number of methoxy groups -OCH3 is 1. The number of amides is 2. The molecule has 2 heterocycles. The van der Waals surface area contributed by atoms with Gasteiger partial charge in [0.15, 0.2) is 0 Å². The van der Waals surface area contributed by atoms with Gasteiger partial charge in [-0.2, -0.15) is 0 Å². The van der Waals surface area contributed by atoms with Crippen molar-refractivity contribution in [2.75, 3.05) is 32.6 Å². The number of ether oxygens (including phenoxy) is 1. The first-order valence-electron chi connectivity index (χ1n) is 9.51. The second-order valence-electron chi connectivity index (χ2n) is 6.97. The summed E-state index contributed by atoms with van der Waals surface area (Å²) in [7, 11) is 2.97. The Labute approximate surface area is 168 Å². The molecule has 29 heavy (non-hydrogen) atoms. The quantitative estimate of drug-likeness (QED) is 0.710.